The zero-order valence-corrected chi connectivity index (χ0v) is 30.5. The van der Waals surface area contributed by atoms with Gasteiger partial charge >= 0.3 is 6.03 Å². The molecule has 4 heterocycles. The highest BCUT2D eigenvalue weighted by Crippen LogP contribution is 2.19. The van der Waals surface area contributed by atoms with E-state index in [-0.39, 0.29) is 11.9 Å². The lowest BCUT2D eigenvalue weighted by Gasteiger charge is -2.34. The van der Waals surface area contributed by atoms with Crippen LogP contribution in [0, 0.1) is 6.92 Å². The van der Waals surface area contributed by atoms with Crippen LogP contribution in [-0.4, -0.2) is 94.0 Å². The van der Waals surface area contributed by atoms with Crippen LogP contribution in [0.1, 0.15) is 61.9 Å². The number of halogens is 1. The van der Waals surface area contributed by atoms with E-state index in [0.29, 0.717) is 55.5 Å². The highest BCUT2D eigenvalue weighted by molar-refractivity contribution is 6.29. The molecule has 2 aliphatic rings. The van der Waals surface area contributed by atoms with Crippen molar-refractivity contribution in [1.82, 2.24) is 29.7 Å². The quantitative estimate of drug-likeness (QED) is 0.221. The maximum Gasteiger partial charge on any atom is 0.321 e. The lowest BCUT2D eigenvalue weighted by Crippen LogP contribution is -2.50. The minimum absolute atomic E-state index is 0.0536. The Bertz CT molecular complexity index is 1570. The van der Waals surface area contributed by atoms with Crippen LogP contribution in [0.2, 0.25) is 5.15 Å². The summed E-state index contributed by atoms with van der Waals surface area (Å²) in [5, 5.41) is 3.42. The van der Waals surface area contributed by atoms with Gasteiger partial charge in [0.25, 0.3) is 0 Å². The van der Waals surface area contributed by atoms with Gasteiger partial charge in [-0.05, 0) is 59.7 Å². The molecular formula is C38H48ClN9O2. The molecule has 50 heavy (non-hydrogen) atoms. The van der Waals surface area contributed by atoms with Crippen LogP contribution in [0.4, 0.5) is 22.4 Å². The smallest absolute Gasteiger partial charge is 0.321 e. The summed E-state index contributed by atoms with van der Waals surface area (Å²) in [6, 6.07) is 19.9. The lowest BCUT2D eigenvalue weighted by atomic mass is 10.0. The fourth-order valence-electron chi connectivity index (χ4n) is 5.79. The average molecular weight is 698 g/mol. The summed E-state index contributed by atoms with van der Waals surface area (Å²) in [7, 11) is 0. The monoisotopic (exact) mass is 697 g/mol. The summed E-state index contributed by atoms with van der Waals surface area (Å²) in [5.41, 5.74) is 5.42. The average Bonchev–Trinajstić information content (AvgIpc) is 3.12. The highest BCUT2D eigenvalue weighted by Gasteiger charge is 2.24. The molecule has 0 aliphatic carbocycles. The fraction of sp³-hybridized carbons (Fsp3) is 0.421. The number of nitrogens with one attached hydrogen (secondary N) is 1. The Kier molecular flexibility index (Phi) is 12.6. The summed E-state index contributed by atoms with van der Waals surface area (Å²) in [5.74, 6) is 2.53. The van der Waals surface area contributed by atoms with E-state index in [0.717, 1.165) is 49.1 Å². The predicted octanol–water partition coefficient (Wildman–Crippen LogP) is 6.41. The first-order valence-electron chi connectivity index (χ1n) is 17.4. The van der Waals surface area contributed by atoms with Crippen LogP contribution >= 0.6 is 11.6 Å². The predicted molar refractivity (Wildman–Crippen MR) is 200 cm³/mol. The number of nitrogens with zero attached hydrogens (tertiary/aromatic N) is 8. The molecule has 0 radical (unpaired) electrons. The first-order valence-corrected chi connectivity index (χ1v) is 17.7. The van der Waals surface area contributed by atoms with Crippen LogP contribution in [0.3, 0.4) is 0 Å². The van der Waals surface area contributed by atoms with Crippen LogP contribution in [0.25, 0.3) is 0 Å². The summed E-state index contributed by atoms with van der Waals surface area (Å²) in [6.45, 7) is 16.2. The third-order valence-electron chi connectivity index (χ3n) is 8.99. The summed E-state index contributed by atoms with van der Waals surface area (Å²) in [4.78, 5) is 50.2. The minimum atomic E-state index is -0.0536. The van der Waals surface area contributed by atoms with Gasteiger partial charge in [0.1, 0.15) is 5.15 Å². The van der Waals surface area contributed by atoms with Crippen LogP contribution < -0.4 is 15.1 Å². The Hall–Kier alpha value is -4.77. The molecule has 4 aromatic rings. The number of urea groups is 1. The third kappa shape index (κ3) is 10.1. The molecule has 2 aromatic heterocycles. The third-order valence-corrected chi connectivity index (χ3v) is 9.20. The largest absolute Gasteiger partial charge is 0.339 e. The maximum atomic E-state index is 12.5. The van der Waals surface area contributed by atoms with E-state index < -0.39 is 0 Å². The molecule has 12 heteroatoms. The molecule has 2 saturated heterocycles. The van der Waals surface area contributed by atoms with Gasteiger partial charge in [-0.25, -0.2) is 24.7 Å². The van der Waals surface area contributed by atoms with E-state index in [4.69, 9.17) is 11.6 Å². The van der Waals surface area contributed by atoms with E-state index in [2.05, 4.69) is 99.1 Å². The zero-order valence-electron chi connectivity index (χ0n) is 29.7. The van der Waals surface area contributed by atoms with Gasteiger partial charge in [0, 0.05) is 76.1 Å². The molecule has 264 valence electrons. The van der Waals surface area contributed by atoms with Crippen molar-refractivity contribution < 1.29 is 9.59 Å². The molecule has 0 atom stereocenters. The van der Waals surface area contributed by atoms with Crippen molar-refractivity contribution in [2.45, 2.75) is 52.9 Å². The summed E-state index contributed by atoms with van der Waals surface area (Å²) in [6.07, 6.45) is 3.88. The van der Waals surface area contributed by atoms with Gasteiger partial charge in [0.2, 0.25) is 17.8 Å². The Morgan fingerprint density at radius 3 is 1.70 bits per heavy atom. The van der Waals surface area contributed by atoms with Crippen molar-refractivity contribution in [2.24, 2.45) is 0 Å². The van der Waals surface area contributed by atoms with Gasteiger partial charge < -0.3 is 24.9 Å². The number of amides is 3. The first kappa shape index (κ1) is 36.5. The fourth-order valence-corrected chi connectivity index (χ4v) is 5.93. The number of benzene rings is 2. The lowest BCUT2D eigenvalue weighted by molar-refractivity contribution is -0.130. The van der Waals surface area contributed by atoms with Crippen LogP contribution in [-0.2, 0) is 11.2 Å². The van der Waals surface area contributed by atoms with E-state index in [9.17, 15) is 9.59 Å². The molecular weight excluding hydrogens is 650 g/mol. The molecule has 6 rings (SSSR count). The summed E-state index contributed by atoms with van der Waals surface area (Å²) >= 11 is 5.92. The summed E-state index contributed by atoms with van der Waals surface area (Å²) < 4.78 is 0. The van der Waals surface area contributed by atoms with Gasteiger partial charge in [-0.15, -0.1) is 0 Å². The Morgan fingerprint density at radius 2 is 1.18 bits per heavy atom. The molecule has 3 amide bonds. The van der Waals surface area contributed by atoms with Gasteiger partial charge in [0.15, 0.2) is 0 Å². The molecule has 0 bridgehead atoms. The van der Waals surface area contributed by atoms with Crippen LogP contribution in [0.5, 0.6) is 0 Å². The zero-order chi connectivity index (χ0) is 35.6. The highest BCUT2D eigenvalue weighted by atomic mass is 35.5. The first-order chi connectivity index (χ1) is 24.0. The van der Waals surface area contributed by atoms with Crippen LogP contribution in [0.15, 0.2) is 73.1 Å². The van der Waals surface area contributed by atoms with Gasteiger partial charge in [-0.3, -0.25) is 4.79 Å². The van der Waals surface area contributed by atoms with Crippen molar-refractivity contribution >= 4 is 41.1 Å². The van der Waals surface area contributed by atoms with E-state index in [1.165, 1.54) is 11.1 Å². The second kappa shape index (κ2) is 17.2. The van der Waals surface area contributed by atoms with Crippen molar-refractivity contribution in [1.29, 1.82) is 0 Å². The molecule has 0 unspecified atom stereocenters. The molecule has 0 saturated carbocycles. The van der Waals surface area contributed by atoms with E-state index in [1.807, 2.05) is 34.9 Å². The molecule has 0 spiro atoms. The van der Waals surface area contributed by atoms with E-state index in [1.54, 1.807) is 18.5 Å². The van der Waals surface area contributed by atoms with Gasteiger partial charge in [-0.2, -0.15) is 0 Å². The van der Waals surface area contributed by atoms with Crippen molar-refractivity contribution in [3.63, 3.8) is 0 Å². The van der Waals surface area contributed by atoms with E-state index >= 15 is 0 Å². The molecule has 1 N–H and O–H groups in total. The van der Waals surface area contributed by atoms with Crippen molar-refractivity contribution in [3.05, 3.63) is 101 Å². The Morgan fingerprint density at radius 1 is 0.680 bits per heavy atom. The normalized spacial score (nSPS) is 14.8. The number of anilines is 3. The Balaban J connectivity index is 0.000000194. The van der Waals surface area contributed by atoms with Gasteiger partial charge in [0.05, 0.1) is 6.42 Å². The number of rotatable bonds is 7. The number of carbonyl (C=O) groups is 2. The maximum absolute atomic E-state index is 12.5. The van der Waals surface area contributed by atoms with Crippen molar-refractivity contribution in [3.8, 4) is 0 Å². The number of piperazine rings is 2. The molecule has 2 aromatic carbocycles. The SMILES string of the molecule is CC(C)c1ccc(CC(=O)N2CCN(c3nccc(Cl)n3)CC2)cc1.Cc1ccnc(N2CCN(C(=O)Nc3ccc(C(C)C)cc3)CC2)n1. The second-order valence-corrected chi connectivity index (χ2v) is 13.7. The molecule has 2 fully saturated rings. The van der Waals surface area contributed by atoms with Crippen molar-refractivity contribution in [2.75, 3.05) is 67.5 Å². The molecule has 11 nitrogen and oxygen atoms in total. The minimum Gasteiger partial charge on any atom is -0.339 e. The molecule has 2 aliphatic heterocycles. The number of carbonyl (C=O) groups excluding carboxylic acids is 2. The number of hydrogen-bond donors (Lipinski definition) is 1. The Labute approximate surface area is 300 Å². The number of aryl methyl sites for hydroxylation is 1. The second-order valence-electron chi connectivity index (χ2n) is 13.3. The topological polar surface area (TPSA) is 111 Å². The van der Waals surface area contributed by atoms with Gasteiger partial charge in [-0.1, -0.05) is 75.7 Å². The number of aromatic nitrogens is 4. The standard InChI is InChI=1S/C19H23ClN4O.C19H25N5O/c1-14(2)16-5-3-15(4-6-16)13-18(25)23-9-11-24(12-10-23)19-21-8-7-17(20)22-19;1-14(2)16-4-6-17(7-5-16)22-19(25)24-12-10-23(11-13-24)18-20-9-8-15(3)21-18/h3-8,14H,9-13H2,1-2H3;4-9,14H,10-13H2,1-3H3,(H,22,25). The number of hydrogen-bond acceptors (Lipinski definition) is 8.